The molecular weight excluding hydrogens is 335 g/mol. The average molecular weight is 352 g/mol. The molecule has 0 amide bonds. The van der Waals surface area contributed by atoms with Crippen LogP contribution in [0.2, 0.25) is 0 Å². The van der Waals surface area contributed by atoms with Gasteiger partial charge in [-0.1, -0.05) is 30.3 Å². The lowest BCUT2D eigenvalue weighted by Crippen LogP contribution is -1.98. The maximum absolute atomic E-state index is 5.70. The molecule has 0 heterocycles. The van der Waals surface area contributed by atoms with Gasteiger partial charge < -0.3 is 4.74 Å². The van der Waals surface area contributed by atoms with E-state index in [1.165, 1.54) is 15.6 Å². The molecule has 0 saturated heterocycles. The minimum atomic E-state index is 0.799. The molecule has 94 valence electrons. The van der Waals surface area contributed by atoms with Crippen LogP contribution in [0.3, 0.4) is 0 Å². The highest BCUT2D eigenvalue weighted by atomic mass is 127. The van der Waals surface area contributed by atoms with Crippen LogP contribution in [0.15, 0.2) is 54.6 Å². The molecule has 2 aromatic rings. The average Bonchev–Trinajstić information content (AvgIpc) is 2.42. The summed E-state index contributed by atoms with van der Waals surface area (Å²) in [6.07, 6.45) is 3.41. The van der Waals surface area contributed by atoms with Crippen molar-refractivity contribution in [2.45, 2.75) is 19.3 Å². The second kappa shape index (κ2) is 7.41. The van der Waals surface area contributed by atoms with Crippen molar-refractivity contribution in [3.63, 3.8) is 0 Å². The number of benzene rings is 2. The van der Waals surface area contributed by atoms with Crippen LogP contribution in [-0.4, -0.2) is 6.61 Å². The molecule has 2 heteroatoms. The van der Waals surface area contributed by atoms with Crippen LogP contribution in [0, 0.1) is 3.57 Å². The molecule has 18 heavy (non-hydrogen) atoms. The van der Waals surface area contributed by atoms with E-state index < -0.39 is 0 Å². The zero-order valence-corrected chi connectivity index (χ0v) is 12.5. The summed E-state index contributed by atoms with van der Waals surface area (Å²) in [7, 11) is 0. The topological polar surface area (TPSA) is 9.23 Å². The zero-order chi connectivity index (χ0) is 12.6. The molecule has 0 aliphatic heterocycles. The Balaban J connectivity index is 1.63. The van der Waals surface area contributed by atoms with Crippen LogP contribution in [-0.2, 0) is 6.42 Å². The lowest BCUT2D eigenvalue weighted by Gasteiger charge is -2.06. The van der Waals surface area contributed by atoms with Gasteiger partial charge >= 0.3 is 0 Å². The van der Waals surface area contributed by atoms with Crippen molar-refractivity contribution in [1.29, 1.82) is 0 Å². The largest absolute Gasteiger partial charge is 0.494 e. The zero-order valence-electron chi connectivity index (χ0n) is 10.3. The van der Waals surface area contributed by atoms with E-state index >= 15 is 0 Å². The van der Waals surface area contributed by atoms with Crippen molar-refractivity contribution < 1.29 is 4.74 Å². The monoisotopic (exact) mass is 352 g/mol. The third-order valence-electron chi connectivity index (χ3n) is 2.78. The number of hydrogen-bond acceptors (Lipinski definition) is 1. The Kier molecular flexibility index (Phi) is 5.52. The van der Waals surface area contributed by atoms with Gasteiger partial charge in [-0.2, -0.15) is 0 Å². The van der Waals surface area contributed by atoms with Gasteiger partial charge in [0.15, 0.2) is 0 Å². The Hall–Kier alpha value is -1.03. The van der Waals surface area contributed by atoms with E-state index in [1.807, 2.05) is 12.1 Å². The number of halogens is 1. The van der Waals surface area contributed by atoms with Crippen LogP contribution in [0.25, 0.3) is 0 Å². The quantitative estimate of drug-likeness (QED) is 0.541. The molecule has 0 atom stereocenters. The van der Waals surface area contributed by atoms with E-state index in [0.717, 1.165) is 25.2 Å². The summed E-state index contributed by atoms with van der Waals surface area (Å²) in [5, 5.41) is 0. The molecule has 0 radical (unpaired) electrons. The van der Waals surface area contributed by atoms with Gasteiger partial charge in [0.05, 0.1) is 6.61 Å². The normalized spacial score (nSPS) is 10.3. The van der Waals surface area contributed by atoms with Crippen LogP contribution >= 0.6 is 22.6 Å². The molecule has 0 aliphatic rings. The van der Waals surface area contributed by atoms with Gasteiger partial charge in [0.1, 0.15) is 5.75 Å². The van der Waals surface area contributed by atoms with E-state index in [9.17, 15) is 0 Å². The molecule has 2 rings (SSSR count). The predicted molar refractivity (Wildman–Crippen MR) is 84.0 cm³/mol. The summed E-state index contributed by atoms with van der Waals surface area (Å²) in [6, 6.07) is 18.8. The Morgan fingerprint density at radius 2 is 1.56 bits per heavy atom. The first-order valence-corrected chi connectivity index (χ1v) is 7.35. The number of ether oxygens (including phenoxy) is 1. The summed E-state index contributed by atoms with van der Waals surface area (Å²) in [6.45, 7) is 0.799. The Bertz CT molecular complexity index is 450. The summed E-state index contributed by atoms with van der Waals surface area (Å²) in [4.78, 5) is 0. The number of rotatable bonds is 6. The lowest BCUT2D eigenvalue weighted by atomic mass is 10.1. The minimum absolute atomic E-state index is 0.799. The van der Waals surface area contributed by atoms with Crippen LogP contribution in [0.4, 0.5) is 0 Å². The van der Waals surface area contributed by atoms with E-state index in [0.29, 0.717) is 0 Å². The Labute approximate surface area is 122 Å². The number of unbranched alkanes of at least 4 members (excludes halogenated alkanes) is 1. The molecule has 0 bridgehead atoms. The third-order valence-corrected chi connectivity index (χ3v) is 3.50. The molecule has 0 aromatic heterocycles. The van der Waals surface area contributed by atoms with Crippen molar-refractivity contribution >= 4 is 22.6 Å². The van der Waals surface area contributed by atoms with Crippen molar-refractivity contribution in [2.75, 3.05) is 6.61 Å². The molecule has 0 spiro atoms. The summed E-state index contributed by atoms with van der Waals surface area (Å²) in [5.41, 5.74) is 1.41. The highest BCUT2D eigenvalue weighted by molar-refractivity contribution is 14.1. The smallest absolute Gasteiger partial charge is 0.119 e. The molecule has 0 N–H and O–H groups in total. The Morgan fingerprint density at radius 3 is 2.28 bits per heavy atom. The first-order valence-electron chi connectivity index (χ1n) is 6.27. The Morgan fingerprint density at radius 1 is 0.833 bits per heavy atom. The maximum atomic E-state index is 5.70. The van der Waals surface area contributed by atoms with Gasteiger partial charge in [-0.3, -0.25) is 0 Å². The van der Waals surface area contributed by atoms with Crippen LogP contribution in [0.5, 0.6) is 5.75 Å². The molecule has 0 unspecified atom stereocenters. The van der Waals surface area contributed by atoms with Gasteiger partial charge in [0.2, 0.25) is 0 Å². The maximum Gasteiger partial charge on any atom is 0.119 e. The van der Waals surface area contributed by atoms with Crippen molar-refractivity contribution in [2.24, 2.45) is 0 Å². The van der Waals surface area contributed by atoms with E-state index in [-0.39, 0.29) is 0 Å². The van der Waals surface area contributed by atoms with E-state index in [1.54, 1.807) is 0 Å². The summed E-state index contributed by atoms with van der Waals surface area (Å²) < 4.78 is 6.94. The fraction of sp³-hybridized carbons (Fsp3) is 0.250. The van der Waals surface area contributed by atoms with Crippen molar-refractivity contribution in [3.8, 4) is 5.75 Å². The highest BCUT2D eigenvalue weighted by Gasteiger charge is 1.95. The third kappa shape index (κ3) is 4.69. The number of hydrogen-bond donors (Lipinski definition) is 0. The van der Waals surface area contributed by atoms with Crippen LogP contribution < -0.4 is 4.74 Å². The van der Waals surface area contributed by atoms with Gasteiger partial charge in [-0.15, -0.1) is 0 Å². The predicted octanol–water partition coefficient (Wildman–Crippen LogP) is 4.69. The van der Waals surface area contributed by atoms with Crippen molar-refractivity contribution in [3.05, 3.63) is 63.7 Å². The van der Waals surface area contributed by atoms with Gasteiger partial charge in [-0.25, -0.2) is 0 Å². The second-order valence-corrected chi connectivity index (χ2v) is 5.49. The summed E-state index contributed by atoms with van der Waals surface area (Å²) >= 11 is 2.30. The number of aryl methyl sites for hydroxylation is 1. The molecule has 0 saturated carbocycles. The molecular formula is C16H17IO. The fourth-order valence-corrected chi connectivity index (χ4v) is 2.16. The van der Waals surface area contributed by atoms with Crippen LogP contribution in [0.1, 0.15) is 18.4 Å². The highest BCUT2D eigenvalue weighted by Crippen LogP contribution is 2.14. The molecule has 0 aliphatic carbocycles. The SMILES string of the molecule is Ic1ccc(OCCCCc2ccccc2)cc1. The van der Waals surface area contributed by atoms with E-state index in [4.69, 9.17) is 4.74 Å². The second-order valence-electron chi connectivity index (χ2n) is 4.25. The first-order chi connectivity index (χ1) is 8.84. The summed E-state index contributed by atoms with van der Waals surface area (Å²) in [5.74, 6) is 0.968. The van der Waals surface area contributed by atoms with Gasteiger partial charge in [0.25, 0.3) is 0 Å². The molecule has 0 fully saturated rings. The van der Waals surface area contributed by atoms with Crippen molar-refractivity contribution in [1.82, 2.24) is 0 Å². The molecule has 2 aromatic carbocycles. The minimum Gasteiger partial charge on any atom is -0.494 e. The molecule has 1 nitrogen and oxygen atoms in total. The first kappa shape index (κ1) is 13.4. The standard InChI is InChI=1S/C16H17IO/c17-15-9-11-16(12-10-15)18-13-5-4-8-14-6-2-1-3-7-14/h1-3,6-7,9-12H,4-5,8,13H2. The van der Waals surface area contributed by atoms with E-state index in [2.05, 4.69) is 65.1 Å². The van der Waals surface area contributed by atoms with Gasteiger partial charge in [0, 0.05) is 3.57 Å². The lowest BCUT2D eigenvalue weighted by molar-refractivity contribution is 0.307. The van der Waals surface area contributed by atoms with Gasteiger partial charge in [-0.05, 0) is 71.7 Å². The fourth-order valence-electron chi connectivity index (χ4n) is 1.80.